The Labute approximate surface area is 96.3 Å². The molecule has 0 aromatic heterocycles. The van der Waals surface area contributed by atoms with E-state index in [1.165, 1.54) is 6.07 Å². The lowest BCUT2D eigenvalue weighted by Crippen LogP contribution is -2.29. The highest BCUT2D eigenvalue weighted by Gasteiger charge is 2.23. The summed E-state index contributed by atoms with van der Waals surface area (Å²) < 4.78 is 26.8. The number of carbonyl (C=O) groups is 2. The summed E-state index contributed by atoms with van der Waals surface area (Å²) in [5.41, 5.74) is -0.440. The number of nitrogens with one attached hydrogen (secondary N) is 1. The molecule has 0 aliphatic rings. The number of aliphatic carboxylic acids is 1. The second-order valence-corrected chi connectivity index (χ2v) is 3.49. The fourth-order valence-electron chi connectivity index (χ4n) is 1.49. The van der Waals surface area contributed by atoms with E-state index in [4.69, 9.17) is 5.11 Å². The van der Waals surface area contributed by atoms with Gasteiger partial charge in [-0.15, -0.1) is 0 Å². The van der Waals surface area contributed by atoms with Crippen molar-refractivity contribution in [1.29, 1.82) is 0 Å². The first-order valence-corrected chi connectivity index (χ1v) is 4.84. The van der Waals surface area contributed by atoms with E-state index in [9.17, 15) is 18.4 Å². The lowest BCUT2D eigenvalue weighted by atomic mass is 10.0. The van der Waals surface area contributed by atoms with Gasteiger partial charge in [-0.1, -0.05) is 6.07 Å². The van der Waals surface area contributed by atoms with Crippen molar-refractivity contribution in [1.82, 2.24) is 5.32 Å². The van der Waals surface area contributed by atoms with Crippen molar-refractivity contribution in [2.75, 3.05) is 0 Å². The Morgan fingerprint density at radius 2 is 1.88 bits per heavy atom. The minimum absolute atomic E-state index is 0.440. The van der Waals surface area contributed by atoms with Crippen molar-refractivity contribution in [3.63, 3.8) is 0 Å². The van der Waals surface area contributed by atoms with E-state index >= 15 is 0 Å². The van der Waals surface area contributed by atoms with Crippen molar-refractivity contribution in [3.05, 3.63) is 35.4 Å². The molecule has 0 heterocycles. The maximum Gasteiger partial charge on any atom is 0.305 e. The van der Waals surface area contributed by atoms with Gasteiger partial charge >= 0.3 is 5.97 Å². The molecule has 0 unspecified atom stereocenters. The van der Waals surface area contributed by atoms with Gasteiger partial charge in [0, 0.05) is 12.5 Å². The van der Waals surface area contributed by atoms with Crippen LogP contribution in [-0.4, -0.2) is 17.0 Å². The number of benzene rings is 1. The zero-order valence-electron chi connectivity index (χ0n) is 9.04. The lowest BCUT2D eigenvalue weighted by Gasteiger charge is -2.17. The van der Waals surface area contributed by atoms with Crippen molar-refractivity contribution in [2.24, 2.45) is 0 Å². The van der Waals surface area contributed by atoms with E-state index in [0.29, 0.717) is 0 Å². The summed E-state index contributed by atoms with van der Waals surface area (Å²) in [7, 11) is 0. The minimum Gasteiger partial charge on any atom is -0.481 e. The van der Waals surface area contributed by atoms with E-state index in [2.05, 4.69) is 5.32 Å². The summed E-state index contributed by atoms with van der Waals surface area (Å²) in [4.78, 5) is 21.5. The van der Waals surface area contributed by atoms with Crippen LogP contribution in [0.1, 0.15) is 24.9 Å². The zero-order chi connectivity index (χ0) is 13.0. The van der Waals surface area contributed by atoms with Gasteiger partial charge in [0.25, 0.3) is 0 Å². The van der Waals surface area contributed by atoms with Crippen molar-refractivity contribution in [3.8, 4) is 0 Å². The molecule has 17 heavy (non-hydrogen) atoms. The highest BCUT2D eigenvalue weighted by Crippen LogP contribution is 2.23. The third-order valence-corrected chi connectivity index (χ3v) is 2.10. The first-order valence-electron chi connectivity index (χ1n) is 4.84. The normalized spacial score (nSPS) is 11.9. The molecule has 92 valence electrons. The van der Waals surface area contributed by atoms with Crippen LogP contribution in [0.2, 0.25) is 0 Å². The van der Waals surface area contributed by atoms with Crippen LogP contribution in [0.4, 0.5) is 8.78 Å². The number of rotatable bonds is 4. The summed E-state index contributed by atoms with van der Waals surface area (Å²) in [5.74, 6) is -3.58. The summed E-state index contributed by atoms with van der Waals surface area (Å²) >= 11 is 0. The average molecular weight is 243 g/mol. The van der Waals surface area contributed by atoms with Crippen LogP contribution >= 0.6 is 0 Å². The van der Waals surface area contributed by atoms with Crippen molar-refractivity contribution >= 4 is 11.9 Å². The standard InChI is InChI=1S/C11H11F2NO3/c1-6(15)14-9(5-10(16)17)11-7(12)3-2-4-8(11)13/h2-4,9H,5H2,1H3,(H,14,15)(H,16,17)/t9-/m0/s1. The molecule has 0 saturated heterocycles. The number of amides is 1. The molecule has 6 heteroatoms. The van der Waals surface area contributed by atoms with Crippen LogP contribution in [-0.2, 0) is 9.59 Å². The molecule has 1 amide bonds. The molecule has 0 spiro atoms. The number of carbonyl (C=O) groups excluding carboxylic acids is 1. The molecule has 4 nitrogen and oxygen atoms in total. The quantitative estimate of drug-likeness (QED) is 0.844. The molecule has 1 rings (SSSR count). The summed E-state index contributed by atoms with van der Waals surface area (Å²) in [6.45, 7) is 1.15. The van der Waals surface area contributed by atoms with Crippen LogP contribution < -0.4 is 5.32 Å². The summed E-state index contributed by atoms with van der Waals surface area (Å²) in [6, 6.07) is 1.97. The van der Waals surface area contributed by atoms with Gasteiger partial charge in [0.2, 0.25) is 5.91 Å². The maximum atomic E-state index is 13.4. The van der Waals surface area contributed by atoms with E-state index in [1.807, 2.05) is 0 Å². The monoisotopic (exact) mass is 243 g/mol. The summed E-state index contributed by atoms with van der Waals surface area (Å²) in [6.07, 6.45) is -0.586. The third-order valence-electron chi connectivity index (χ3n) is 2.10. The van der Waals surface area contributed by atoms with Gasteiger partial charge in [0.05, 0.1) is 12.5 Å². The minimum atomic E-state index is -1.26. The van der Waals surface area contributed by atoms with Crippen LogP contribution in [0.5, 0.6) is 0 Å². The Balaban J connectivity index is 3.11. The topological polar surface area (TPSA) is 66.4 Å². The van der Waals surface area contributed by atoms with E-state index in [1.54, 1.807) is 0 Å². The SMILES string of the molecule is CC(=O)N[C@@H](CC(=O)O)c1c(F)cccc1F. The van der Waals surface area contributed by atoms with Gasteiger partial charge in [-0.3, -0.25) is 9.59 Å². The van der Waals surface area contributed by atoms with Gasteiger partial charge < -0.3 is 10.4 Å². The molecule has 1 aromatic rings. The number of carboxylic acid groups (broad SMARTS) is 1. The Kier molecular flexibility index (Phi) is 4.14. The molecule has 2 N–H and O–H groups in total. The Morgan fingerprint density at radius 1 is 1.35 bits per heavy atom. The highest BCUT2D eigenvalue weighted by molar-refractivity contribution is 5.75. The average Bonchev–Trinajstić information content (AvgIpc) is 2.14. The molecular formula is C11H11F2NO3. The van der Waals surface area contributed by atoms with Gasteiger partial charge in [-0.05, 0) is 12.1 Å². The third kappa shape index (κ3) is 3.51. The number of halogens is 2. The fourth-order valence-corrected chi connectivity index (χ4v) is 1.49. The molecule has 0 bridgehead atoms. The van der Waals surface area contributed by atoms with E-state index in [0.717, 1.165) is 19.1 Å². The molecule has 1 atom stereocenters. The van der Waals surface area contributed by atoms with Crippen molar-refractivity contribution < 1.29 is 23.5 Å². The zero-order valence-corrected chi connectivity index (χ0v) is 9.04. The van der Waals surface area contributed by atoms with Crippen LogP contribution in [0.3, 0.4) is 0 Å². The van der Waals surface area contributed by atoms with Crippen LogP contribution in [0.25, 0.3) is 0 Å². The molecule has 1 aromatic carbocycles. The first kappa shape index (κ1) is 13.1. The predicted molar refractivity (Wildman–Crippen MR) is 55.2 cm³/mol. The number of hydrogen-bond acceptors (Lipinski definition) is 2. The van der Waals surface area contributed by atoms with Crippen molar-refractivity contribution in [2.45, 2.75) is 19.4 Å². The molecule has 0 aliphatic carbocycles. The second-order valence-electron chi connectivity index (χ2n) is 3.49. The van der Waals surface area contributed by atoms with Gasteiger partial charge in [-0.2, -0.15) is 0 Å². The smallest absolute Gasteiger partial charge is 0.305 e. The Bertz CT molecular complexity index is 412. The van der Waals surface area contributed by atoms with Gasteiger partial charge in [-0.25, -0.2) is 8.78 Å². The van der Waals surface area contributed by atoms with Crippen LogP contribution in [0.15, 0.2) is 18.2 Å². The molecule has 0 fully saturated rings. The molecule has 0 radical (unpaired) electrons. The Morgan fingerprint density at radius 3 is 2.29 bits per heavy atom. The predicted octanol–water partition coefficient (Wildman–Crippen LogP) is 1.62. The van der Waals surface area contributed by atoms with E-state index < -0.39 is 41.5 Å². The first-order chi connectivity index (χ1) is 7.91. The van der Waals surface area contributed by atoms with Gasteiger partial charge in [0.1, 0.15) is 11.6 Å². The van der Waals surface area contributed by atoms with E-state index in [-0.39, 0.29) is 0 Å². The fraction of sp³-hybridized carbons (Fsp3) is 0.273. The molecule has 0 aliphatic heterocycles. The molecule has 0 saturated carbocycles. The molecular weight excluding hydrogens is 232 g/mol. The van der Waals surface area contributed by atoms with Crippen LogP contribution in [0, 0.1) is 11.6 Å². The Hall–Kier alpha value is -1.98. The lowest BCUT2D eigenvalue weighted by molar-refractivity contribution is -0.137. The van der Waals surface area contributed by atoms with Gasteiger partial charge in [0.15, 0.2) is 0 Å². The number of carboxylic acids is 1. The number of hydrogen-bond donors (Lipinski definition) is 2. The second kappa shape index (κ2) is 5.38. The highest BCUT2D eigenvalue weighted by atomic mass is 19.1. The largest absolute Gasteiger partial charge is 0.481 e. The summed E-state index contributed by atoms with van der Waals surface area (Å²) in [5, 5.41) is 10.9. The maximum absolute atomic E-state index is 13.4.